The number of amides is 1. The standard InChI is InChI=1S/C28H36FN5O3S/c1-21-14-22(2)16-24(15-21)9-11-32-12-13-34(38(3,36)37)27(19-32)28(35)31-10-8-26-17-30-20-33(26)18-23-4-6-25(29)7-5-23/h4-7,14-17,20,27H,8-13,18-19H2,1-3H3,(H,31,35). The smallest absolute Gasteiger partial charge is 0.239 e. The molecule has 1 unspecified atom stereocenters. The Morgan fingerprint density at radius 1 is 1.05 bits per heavy atom. The number of nitrogens with zero attached hydrogens (tertiary/aromatic N) is 4. The Hall–Kier alpha value is -3.08. The molecule has 204 valence electrons. The molecule has 1 aliphatic rings. The third-order valence-corrected chi connectivity index (χ3v) is 8.18. The first-order valence-electron chi connectivity index (χ1n) is 12.9. The summed E-state index contributed by atoms with van der Waals surface area (Å²) in [6.45, 7) is 7.04. The van der Waals surface area contributed by atoms with Crippen molar-refractivity contribution in [3.05, 3.63) is 88.8 Å². The molecule has 1 N–H and O–H groups in total. The Balaban J connectivity index is 1.35. The number of hydrogen-bond acceptors (Lipinski definition) is 5. The van der Waals surface area contributed by atoms with Gasteiger partial charge >= 0.3 is 0 Å². The zero-order valence-electron chi connectivity index (χ0n) is 22.2. The van der Waals surface area contributed by atoms with E-state index in [0.717, 1.165) is 30.5 Å². The first kappa shape index (κ1) is 27.9. The SMILES string of the molecule is Cc1cc(C)cc(CCN2CCN(S(C)(=O)=O)C(C(=O)NCCc3cncn3Cc3ccc(F)cc3)C2)c1. The van der Waals surface area contributed by atoms with Crippen molar-refractivity contribution in [1.29, 1.82) is 0 Å². The maximum atomic E-state index is 13.2. The molecular weight excluding hydrogens is 505 g/mol. The highest BCUT2D eigenvalue weighted by molar-refractivity contribution is 7.88. The first-order valence-corrected chi connectivity index (χ1v) is 14.7. The van der Waals surface area contributed by atoms with Crippen molar-refractivity contribution in [2.24, 2.45) is 0 Å². The predicted octanol–water partition coefficient (Wildman–Crippen LogP) is 2.53. The van der Waals surface area contributed by atoms with Gasteiger partial charge in [0.1, 0.15) is 11.9 Å². The molecule has 1 aromatic heterocycles. The Kier molecular flexibility index (Phi) is 8.96. The number of nitrogens with one attached hydrogen (secondary N) is 1. The van der Waals surface area contributed by atoms with Crippen molar-refractivity contribution in [3.8, 4) is 0 Å². The molecule has 38 heavy (non-hydrogen) atoms. The number of imidazole rings is 1. The van der Waals surface area contributed by atoms with Gasteiger partial charge in [-0.2, -0.15) is 4.31 Å². The second-order valence-corrected chi connectivity index (χ2v) is 12.1. The van der Waals surface area contributed by atoms with Gasteiger partial charge in [0.15, 0.2) is 0 Å². The molecule has 1 amide bonds. The molecule has 0 bridgehead atoms. The number of aromatic nitrogens is 2. The number of sulfonamides is 1. The maximum Gasteiger partial charge on any atom is 0.239 e. The monoisotopic (exact) mass is 541 g/mol. The minimum atomic E-state index is -3.53. The van der Waals surface area contributed by atoms with E-state index in [9.17, 15) is 17.6 Å². The zero-order chi connectivity index (χ0) is 27.3. The van der Waals surface area contributed by atoms with Gasteiger partial charge in [0.2, 0.25) is 15.9 Å². The lowest BCUT2D eigenvalue weighted by atomic mass is 10.0. The molecule has 0 saturated carbocycles. The molecular formula is C28H36FN5O3S. The van der Waals surface area contributed by atoms with Crippen LogP contribution in [0.3, 0.4) is 0 Å². The Morgan fingerprint density at radius 2 is 1.76 bits per heavy atom. The van der Waals surface area contributed by atoms with Crippen LogP contribution in [0.5, 0.6) is 0 Å². The second-order valence-electron chi connectivity index (χ2n) is 10.1. The van der Waals surface area contributed by atoms with Crippen molar-refractivity contribution in [1.82, 2.24) is 24.1 Å². The van der Waals surface area contributed by atoms with Crippen LogP contribution in [0, 0.1) is 19.7 Å². The van der Waals surface area contributed by atoms with Gasteiger partial charge in [-0.15, -0.1) is 0 Å². The molecule has 0 aliphatic carbocycles. The summed E-state index contributed by atoms with van der Waals surface area (Å²) in [5.41, 5.74) is 5.55. The average molecular weight is 542 g/mol. The third-order valence-electron chi connectivity index (χ3n) is 6.89. The minimum Gasteiger partial charge on any atom is -0.354 e. The highest BCUT2D eigenvalue weighted by Gasteiger charge is 2.37. The van der Waals surface area contributed by atoms with Gasteiger partial charge in [-0.3, -0.25) is 9.69 Å². The van der Waals surface area contributed by atoms with Crippen LogP contribution in [-0.2, 0) is 34.2 Å². The fraction of sp³-hybridized carbons (Fsp3) is 0.429. The average Bonchev–Trinajstić information content (AvgIpc) is 3.29. The summed E-state index contributed by atoms with van der Waals surface area (Å²) >= 11 is 0. The van der Waals surface area contributed by atoms with Gasteiger partial charge < -0.3 is 9.88 Å². The molecule has 1 atom stereocenters. The van der Waals surface area contributed by atoms with E-state index in [2.05, 4.69) is 47.2 Å². The Labute approximate surface area is 224 Å². The molecule has 4 rings (SSSR count). The highest BCUT2D eigenvalue weighted by atomic mass is 32.2. The quantitative estimate of drug-likeness (QED) is 0.426. The number of carbonyl (C=O) groups is 1. The number of rotatable bonds is 10. The largest absolute Gasteiger partial charge is 0.354 e. The van der Waals surface area contributed by atoms with E-state index in [-0.39, 0.29) is 18.3 Å². The summed E-state index contributed by atoms with van der Waals surface area (Å²) in [5.74, 6) is -0.576. The van der Waals surface area contributed by atoms with Gasteiger partial charge in [0.25, 0.3) is 0 Å². The van der Waals surface area contributed by atoms with Crippen molar-refractivity contribution >= 4 is 15.9 Å². The van der Waals surface area contributed by atoms with Crippen LogP contribution in [0.4, 0.5) is 4.39 Å². The Morgan fingerprint density at radius 3 is 2.45 bits per heavy atom. The second kappa shape index (κ2) is 12.2. The van der Waals surface area contributed by atoms with Crippen molar-refractivity contribution in [3.63, 3.8) is 0 Å². The van der Waals surface area contributed by atoms with Crippen LogP contribution in [0.25, 0.3) is 0 Å². The third kappa shape index (κ3) is 7.49. The van der Waals surface area contributed by atoms with Gasteiger partial charge in [0.05, 0.1) is 12.6 Å². The number of halogens is 1. The summed E-state index contributed by atoms with van der Waals surface area (Å²) in [5, 5.41) is 2.94. The summed E-state index contributed by atoms with van der Waals surface area (Å²) < 4.78 is 41.4. The lowest BCUT2D eigenvalue weighted by Gasteiger charge is -2.39. The van der Waals surface area contributed by atoms with Crippen LogP contribution in [0.2, 0.25) is 0 Å². The molecule has 2 heterocycles. The van der Waals surface area contributed by atoms with Gasteiger partial charge in [-0.05, 0) is 43.5 Å². The summed E-state index contributed by atoms with van der Waals surface area (Å²) in [4.78, 5) is 19.6. The topological polar surface area (TPSA) is 87.5 Å². The van der Waals surface area contributed by atoms with Gasteiger partial charge in [-0.1, -0.05) is 41.5 Å². The normalized spacial score (nSPS) is 17.0. The van der Waals surface area contributed by atoms with Crippen LogP contribution in [0.1, 0.15) is 27.9 Å². The number of aryl methyl sites for hydroxylation is 2. The van der Waals surface area contributed by atoms with Crippen molar-refractivity contribution in [2.45, 2.75) is 39.3 Å². The molecule has 8 nitrogen and oxygen atoms in total. The summed E-state index contributed by atoms with van der Waals surface area (Å²) in [6, 6.07) is 12.0. The van der Waals surface area contributed by atoms with Crippen molar-refractivity contribution in [2.75, 3.05) is 39.0 Å². The zero-order valence-corrected chi connectivity index (χ0v) is 23.0. The maximum absolute atomic E-state index is 13.2. The summed E-state index contributed by atoms with van der Waals surface area (Å²) in [7, 11) is -3.53. The molecule has 0 spiro atoms. The highest BCUT2D eigenvalue weighted by Crippen LogP contribution is 2.16. The summed E-state index contributed by atoms with van der Waals surface area (Å²) in [6.07, 6.45) is 5.99. The van der Waals surface area contributed by atoms with E-state index < -0.39 is 16.1 Å². The molecule has 10 heteroatoms. The molecule has 2 aromatic carbocycles. The van der Waals surface area contributed by atoms with E-state index in [4.69, 9.17) is 0 Å². The lowest BCUT2D eigenvalue weighted by molar-refractivity contribution is -0.126. The molecule has 1 aliphatic heterocycles. The predicted molar refractivity (Wildman–Crippen MR) is 146 cm³/mol. The van der Waals surface area contributed by atoms with E-state index in [0.29, 0.717) is 32.6 Å². The van der Waals surface area contributed by atoms with E-state index >= 15 is 0 Å². The van der Waals surface area contributed by atoms with Crippen LogP contribution in [0.15, 0.2) is 55.0 Å². The van der Waals surface area contributed by atoms with Gasteiger partial charge in [0, 0.05) is 57.6 Å². The van der Waals surface area contributed by atoms with E-state index in [1.165, 1.54) is 33.1 Å². The Bertz CT molecular complexity index is 1340. The van der Waals surface area contributed by atoms with Crippen LogP contribution in [-0.4, -0.2) is 78.1 Å². The molecule has 1 saturated heterocycles. The van der Waals surface area contributed by atoms with Crippen LogP contribution >= 0.6 is 0 Å². The number of benzene rings is 2. The minimum absolute atomic E-state index is 0.281. The fourth-order valence-corrected chi connectivity index (χ4v) is 6.09. The first-order chi connectivity index (χ1) is 18.1. The molecule has 3 aromatic rings. The van der Waals surface area contributed by atoms with Crippen LogP contribution < -0.4 is 5.32 Å². The lowest BCUT2D eigenvalue weighted by Crippen LogP contribution is -2.60. The van der Waals surface area contributed by atoms with Crippen molar-refractivity contribution < 1.29 is 17.6 Å². The number of piperazine rings is 1. The van der Waals surface area contributed by atoms with E-state index in [1.54, 1.807) is 24.7 Å². The number of hydrogen-bond donors (Lipinski definition) is 1. The number of carbonyl (C=O) groups excluding carboxylic acids is 1. The fourth-order valence-electron chi connectivity index (χ4n) is 5.05. The van der Waals surface area contributed by atoms with E-state index in [1.807, 2.05) is 4.57 Å². The molecule has 0 radical (unpaired) electrons. The molecule has 1 fully saturated rings. The van der Waals surface area contributed by atoms with Gasteiger partial charge in [-0.25, -0.2) is 17.8 Å².